The molecule has 0 aliphatic carbocycles. The molecule has 0 radical (unpaired) electrons. The molecule has 2 N–H and O–H groups in total. The Morgan fingerprint density at radius 3 is 3.21 bits per heavy atom. The maximum atomic E-state index is 10.9. The van der Waals surface area contributed by atoms with E-state index >= 15 is 0 Å². The fourth-order valence-electron chi connectivity index (χ4n) is 2.35. The summed E-state index contributed by atoms with van der Waals surface area (Å²) in [6, 6.07) is 2.16. The van der Waals surface area contributed by atoms with Crippen molar-refractivity contribution < 1.29 is 9.53 Å². The van der Waals surface area contributed by atoms with Crippen molar-refractivity contribution in [2.24, 2.45) is 5.73 Å². The van der Waals surface area contributed by atoms with Crippen LogP contribution in [-0.4, -0.2) is 61.6 Å². The van der Waals surface area contributed by atoms with Crippen molar-refractivity contribution in [1.29, 1.82) is 0 Å². The Kier molecular flexibility index (Phi) is 5.33. The van der Waals surface area contributed by atoms with E-state index in [1.54, 1.807) is 11.3 Å². The van der Waals surface area contributed by atoms with Crippen molar-refractivity contribution >= 4 is 17.2 Å². The highest BCUT2D eigenvalue weighted by Crippen LogP contribution is 2.13. The summed E-state index contributed by atoms with van der Waals surface area (Å²) >= 11 is 1.73. The van der Waals surface area contributed by atoms with Crippen LogP contribution in [0.3, 0.4) is 0 Å². The molecule has 1 unspecified atom stereocenters. The van der Waals surface area contributed by atoms with Gasteiger partial charge in [-0.05, 0) is 29.4 Å². The summed E-state index contributed by atoms with van der Waals surface area (Å²) in [6.45, 7) is 4.61. The number of nitrogens with two attached hydrogens (primary N) is 1. The van der Waals surface area contributed by atoms with Crippen molar-refractivity contribution in [3.63, 3.8) is 0 Å². The lowest BCUT2D eigenvalue weighted by Crippen LogP contribution is -2.47. The van der Waals surface area contributed by atoms with Crippen LogP contribution in [0.2, 0.25) is 0 Å². The minimum absolute atomic E-state index is 0.150. The van der Waals surface area contributed by atoms with Crippen molar-refractivity contribution in [3.8, 4) is 0 Å². The van der Waals surface area contributed by atoms with Crippen LogP contribution in [0, 0.1) is 0 Å². The van der Waals surface area contributed by atoms with E-state index in [9.17, 15) is 4.79 Å². The fourth-order valence-corrected chi connectivity index (χ4v) is 3.01. The van der Waals surface area contributed by atoms with Crippen molar-refractivity contribution in [3.05, 3.63) is 22.4 Å². The molecule has 1 aromatic heterocycles. The SMILES string of the molecule is CN(CC(N)=O)CC1CN(Cc2ccsc2)CCO1. The maximum absolute atomic E-state index is 10.9. The van der Waals surface area contributed by atoms with Gasteiger partial charge in [-0.1, -0.05) is 0 Å². The van der Waals surface area contributed by atoms with E-state index in [1.165, 1.54) is 5.56 Å². The van der Waals surface area contributed by atoms with E-state index in [4.69, 9.17) is 10.5 Å². The normalized spacial score (nSPS) is 20.8. The highest BCUT2D eigenvalue weighted by atomic mass is 32.1. The zero-order valence-corrected chi connectivity index (χ0v) is 12.1. The third-order valence-corrected chi connectivity index (χ3v) is 3.88. The van der Waals surface area contributed by atoms with Gasteiger partial charge in [0.1, 0.15) is 0 Å². The lowest BCUT2D eigenvalue weighted by molar-refractivity contribution is -0.119. The summed E-state index contributed by atoms with van der Waals surface area (Å²) in [5, 5.41) is 4.29. The Hall–Kier alpha value is -0.950. The van der Waals surface area contributed by atoms with Crippen LogP contribution < -0.4 is 5.73 Å². The summed E-state index contributed by atoms with van der Waals surface area (Å²) in [5.41, 5.74) is 6.54. The summed E-state index contributed by atoms with van der Waals surface area (Å²) in [5.74, 6) is -0.298. The highest BCUT2D eigenvalue weighted by Gasteiger charge is 2.22. The van der Waals surface area contributed by atoms with Crippen LogP contribution in [0.5, 0.6) is 0 Å². The average Bonchev–Trinajstić information content (AvgIpc) is 2.81. The fraction of sp³-hybridized carbons (Fsp3) is 0.615. The maximum Gasteiger partial charge on any atom is 0.231 e. The number of ether oxygens (including phenoxy) is 1. The number of nitrogens with zero attached hydrogens (tertiary/aromatic N) is 2. The van der Waals surface area contributed by atoms with Gasteiger partial charge in [0, 0.05) is 26.2 Å². The van der Waals surface area contributed by atoms with E-state index in [-0.39, 0.29) is 18.6 Å². The first-order valence-electron chi connectivity index (χ1n) is 6.45. The largest absolute Gasteiger partial charge is 0.374 e. The van der Waals surface area contributed by atoms with E-state index in [2.05, 4.69) is 21.7 Å². The second-order valence-electron chi connectivity index (χ2n) is 5.02. The predicted molar refractivity (Wildman–Crippen MR) is 76.0 cm³/mol. The van der Waals surface area contributed by atoms with Gasteiger partial charge in [0.25, 0.3) is 0 Å². The standard InChI is InChI=1S/C13H21N3O2S/c1-15(9-13(14)17)7-12-8-16(3-4-18-12)6-11-2-5-19-10-11/h2,5,10,12H,3-4,6-9H2,1H3,(H2,14,17). The summed E-state index contributed by atoms with van der Waals surface area (Å²) in [6.07, 6.45) is 0.150. The molecular weight excluding hydrogens is 262 g/mol. The molecule has 1 aliphatic rings. The lowest BCUT2D eigenvalue weighted by atomic mass is 10.2. The number of hydrogen-bond donors (Lipinski definition) is 1. The van der Waals surface area contributed by atoms with E-state index in [1.807, 2.05) is 11.9 Å². The first kappa shape index (κ1) is 14.5. The number of rotatable bonds is 6. The summed E-state index contributed by atoms with van der Waals surface area (Å²) in [7, 11) is 1.89. The third kappa shape index (κ3) is 4.91. The van der Waals surface area contributed by atoms with E-state index in [0.29, 0.717) is 0 Å². The first-order valence-corrected chi connectivity index (χ1v) is 7.39. The molecule has 2 rings (SSSR count). The van der Waals surface area contributed by atoms with Gasteiger partial charge in [0.2, 0.25) is 5.91 Å². The monoisotopic (exact) mass is 283 g/mol. The highest BCUT2D eigenvalue weighted by molar-refractivity contribution is 7.07. The molecular formula is C13H21N3O2S. The van der Waals surface area contributed by atoms with Crippen LogP contribution in [0.1, 0.15) is 5.56 Å². The Labute approximate surface area is 117 Å². The molecule has 0 bridgehead atoms. The lowest BCUT2D eigenvalue weighted by Gasteiger charge is -2.34. The first-order chi connectivity index (χ1) is 9.13. The zero-order chi connectivity index (χ0) is 13.7. The molecule has 6 heteroatoms. The Morgan fingerprint density at radius 2 is 2.53 bits per heavy atom. The molecule has 0 spiro atoms. The van der Waals surface area contributed by atoms with Gasteiger partial charge in [0.05, 0.1) is 19.3 Å². The zero-order valence-electron chi connectivity index (χ0n) is 11.2. The molecule has 1 saturated heterocycles. The molecule has 5 nitrogen and oxygen atoms in total. The minimum atomic E-state index is -0.298. The molecule has 1 atom stereocenters. The number of morpholine rings is 1. The number of amides is 1. The van der Waals surface area contributed by atoms with Gasteiger partial charge in [-0.3, -0.25) is 14.6 Å². The molecule has 1 amide bonds. The van der Waals surface area contributed by atoms with Crippen molar-refractivity contribution in [2.45, 2.75) is 12.6 Å². The van der Waals surface area contributed by atoms with E-state index < -0.39 is 0 Å². The van der Waals surface area contributed by atoms with Crippen molar-refractivity contribution in [2.75, 3.05) is 39.8 Å². The van der Waals surface area contributed by atoms with Gasteiger partial charge in [-0.2, -0.15) is 11.3 Å². The average molecular weight is 283 g/mol. The number of likely N-dealkylation sites (N-methyl/N-ethyl adjacent to an activating group) is 1. The van der Waals surface area contributed by atoms with Gasteiger partial charge in [0.15, 0.2) is 0 Å². The summed E-state index contributed by atoms with van der Waals surface area (Å²) in [4.78, 5) is 15.2. The van der Waals surface area contributed by atoms with Gasteiger partial charge >= 0.3 is 0 Å². The molecule has 2 heterocycles. The molecule has 0 saturated carbocycles. The molecule has 1 aliphatic heterocycles. The topological polar surface area (TPSA) is 58.8 Å². The summed E-state index contributed by atoms with van der Waals surface area (Å²) < 4.78 is 5.75. The Bertz CT molecular complexity index is 397. The molecule has 1 aromatic rings. The van der Waals surface area contributed by atoms with Crippen LogP contribution in [-0.2, 0) is 16.1 Å². The Morgan fingerprint density at radius 1 is 1.68 bits per heavy atom. The second kappa shape index (κ2) is 7.00. The van der Waals surface area contributed by atoms with Crippen LogP contribution >= 0.6 is 11.3 Å². The molecule has 1 fully saturated rings. The van der Waals surface area contributed by atoms with Gasteiger partial charge in [-0.25, -0.2) is 0 Å². The number of thiophene rings is 1. The number of carbonyl (C=O) groups excluding carboxylic acids is 1. The molecule has 0 aromatic carbocycles. The Balaban J connectivity index is 1.78. The van der Waals surface area contributed by atoms with Gasteiger partial charge < -0.3 is 10.5 Å². The quantitative estimate of drug-likeness (QED) is 0.819. The minimum Gasteiger partial charge on any atom is -0.374 e. The number of primary amides is 1. The molecule has 106 valence electrons. The predicted octanol–water partition coefficient (Wildman–Crippen LogP) is 0.366. The van der Waals surface area contributed by atoms with Crippen LogP contribution in [0.15, 0.2) is 16.8 Å². The third-order valence-electron chi connectivity index (χ3n) is 3.15. The smallest absolute Gasteiger partial charge is 0.231 e. The molecule has 19 heavy (non-hydrogen) atoms. The van der Waals surface area contributed by atoms with E-state index in [0.717, 1.165) is 32.8 Å². The van der Waals surface area contributed by atoms with Crippen LogP contribution in [0.4, 0.5) is 0 Å². The van der Waals surface area contributed by atoms with Crippen LogP contribution in [0.25, 0.3) is 0 Å². The number of hydrogen-bond acceptors (Lipinski definition) is 5. The second-order valence-corrected chi connectivity index (χ2v) is 5.80. The number of carbonyl (C=O) groups is 1. The van der Waals surface area contributed by atoms with Gasteiger partial charge in [-0.15, -0.1) is 0 Å². The van der Waals surface area contributed by atoms with Crippen molar-refractivity contribution in [1.82, 2.24) is 9.80 Å².